The van der Waals surface area contributed by atoms with E-state index in [4.69, 9.17) is 9.47 Å². The summed E-state index contributed by atoms with van der Waals surface area (Å²) in [5, 5.41) is 8.20. The number of nitrogens with one attached hydrogen (secondary N) is 2. The topological polar surface area (TPSA) is 89.5 Å². The van der Waals surface area contributed by atoms with Crippen molar-refractivity contribution in [1.82, 2.24) is 4.98 Å². The molecule has 3 aromatic rings. The molecule has 0 unspecified atom stereocenters. The molecule has 2 N–H and O–H groups in total. The summed E-state index contributed by atoms with van der Waals surface area (Å²) in [4.78, 5) is 28.3. The van der Waals surface area contributed by atoms with Gasteiger partial charge in [-0.1, -0.05) is 0 Å². The Balaban J connectivity index is 1.69. The highest BCUT2D eigenvalue weighted by Crippen LogP contribution is 2.29. The van der Waals surface area contributed by atoms with Crippen molar-refractivity contribution in [2.24, 2.45) is 0 Å². The summed E-state index contributed by atoms with van der Waals surface area (Å²) >= 11 is 1.48. The van der Waals surface area contributed by atoms with Crippen molar-refractivity contribution in [1.29, 1.82) is 0 Å². The van der Waals surface area contributed by atoms with Gasteiger partial charge in [0.1, 0.15) is 16.5 Å². The van der Waals surface area contributed by atoms with Crippen molar-refractivity contribution in [3.05, 3.63) is 53.5 Å². The fourth-order valence-corrected chi connectivity index (χ4v) is 3.53. The van der Waals surface area contributed by atoms with E-state index in [-0.39, 0.29) is 18.2 Å². The minimum atomic E-state index is -0.227. The van der Waals surface area contributed by atoms with Gasteiger partial charge in [0.2, 0.25) is 11.8 Å². The molecule has 7 nitrogen and oxygen atoms in total. The van der Waals surface area contributed by atoms with Gasteiger partial charge in [-0.2, -0.15) is 0 Å². The number of carbonyl (C=O) groups excluding carboxylic acids is 2. The lowest BCUT2D eigenvalue weighted by Crippen LogP contribution is -2.15. The molecule has 2 amide bonds. The van der Waals surface area contributed by atoms with Crippen LogP contribution in [-0.2, 0) is 16.0 Å². The molecule has 0 fully saturated rings. The third-order valence-electron chi connectivity index (χ3n) is 4.02. The number of hydrogen-bond acceptors (Lipinski definition) is 6. The van der Waals surface area contributed by atoms with Gasteiger partial charge in [-0.05, 0) is 42.5 Å². The van der Waals surface area contributed by atoms with E-state index in [0.717, 1.165) is 16.3 Å². The number of thiazole rings is 1. The molecule has 0 atom stereocenters. The second-order valence-electron chi connectivity index (χ2n) is 6.19. The second-order valence-corrected chi connectivity index (χ2v) is 7.05. The van der Waals surface area contributed by atoms with Gasteiger partial charge in [-0.15, -0.1) is 11.3 Å². The molecule has 1 aromatic heterocycles. The summed E-state index contributed by atoms with van der Waals surface area (Å²) in [5.41, 5.74) is 2.70. The normalized spacial score (nSPS) is 10.3. The SMILES string of the molecule is COc1ccc(-c2nc(CC(=O)Nc3cc(NC(C)=O)ccc3OC)cs2)cc1. The van der Waals surface area contributed by atoms with E-state index in [9.17, 15) is 9.59 Å². The van der Waals surface area contributed by atoms with Crippen molar-refractivity contribution in [3.63, 3.8) is 0 Å². The minimum absolute atomic E-state index is 0.125. The van der Waals surface area contributed by atoms with E-state index >= 15 is 0 Å². The zero-order chi connectivity index (χ0) is 20.8. The summed E-state index contributed by atoms with van der Waals surface area (Å²) < 4.78 is 10.5. The number of carbonyl (C=O) groups is 2. The number of methoxy groups -OCH3 is 2. The van der Waals surface area contributed by atoms with Crippen LogP contribution in [0.15, 0.2) is 47.8 Å². The molecule has 0 saturated carbocycles. The summed E-state index contributed by atoms with van der Waals surface area (Å²) in [7, 11) is 3.14. The summed E-state index contributed by atoms with van der Waals surface area (Å²) in [6.07, 6.45) is 0.125. The molecule has 0 radical (unpaired) electrons. The third-order valence-corrected chi connectivity index (χ3v) is 4.96. The van der Waals surface area contributed by atoms with Crippen molar-refractivity contribution >= 4 is 34.5 Å². The Morgan fingerprint density at radius 2 is 1.79 bits per heavy atom. The fourth-order valence-electron chi connectivity index (χ4n) is 2.70. The molecule has 29 heavy (non-hydrogen) atoms. The zero-order valence-electron chi connectivity index (χ0n) is 16.3. The van der Waals surface area contributed by atoms with Crippen LogP contribution in [0.5, 0.6) is 11.5 Å². The van der Waals surface area contributed by atoms with Crippen molar-refractivity contribution < 1.29 is 19.1 Å². The van der Waals surface area contributed by atoms with Crippen LogP contribution in [-0.4, -0.2) is 31.0 Å². The van der Waals surface area contributed by atoms with Crippen LogP contribution in [0.4, 0.5) is 11.4 Å². The number of aromatic nitrogens is 1. The predicted molar refractivity (Wildman–Crippen MR) is 114 cm³/mol. The molecule has 3 rings (SSSR count). The van der Waals surface area contributed by atoms with Crippen LogP contribution in [0.1, 0.15) is 12.6 Å². The Morgan fingerprint density at radius 3 is 2.45 bits per heavy atom. The number of anilines is 2. The molecule has 0 aliphatic rings. The van der Waals surface area contributed by atoms with E-state index < -0.39 is 0 Å². The van der Waals surface area contributed by atoms with E-state index in [0.29, 0.717) is 22.8 Å². The van der Waals surface area contributed by atoms with Gasteiger partial charge in [0.05, 0.1) is 32.0 Å². The zero-order valence-corrected chi connectivity index (χ0v) is 17.1. The van der Waals surface area contributed by atoms with Gasteiger partial charge in [0, 0.05) is 23.6 Å². The number of rotatable bonds is 7. The van der Waals surface area contributed by atoms with Gasteiger partial charge in [0.25, 0.3) is 0 Å². The number of benzene rings is 2. The van der Waals surface area contributed by atoms with E-state index in [2.05, 4.69) is 15.6 Å². The largest absolute Gasteiger partial charge is 0.497 e. The van der Waals surface area contributed by atoms with Crippen LogP contribution in [0.3, 0.4) is 0 Å². The van der Waals surface area contributed by atoms with Gasteiger partial charge in [-0.3, -0.25) is 9.59 Å². The number of amides is 2. The predicted octanol–water partition coefficient (Wildman–Crippen LogP) is 3.97. The van der Waals surface area contributed by atoms with Gasteiger partial charge in [0.15, 0.2) is 0 Å². The maximum Gasteiger partial charge on any atom is 0.230 e. The lowest BCUT2D eigenvalue weighted by molar-refractivity contribution is -0.116. The maximum absolute atomic E-state index is 12.5. The van der Waals surface area contributed by atoms with Gasteiger partial charge in [-0.25, -0.2) is 4.98 Å². The van der Waals surface area contributed by atoms with Crippen LogP contribution < -0.4 is 20.1 Å². The Kier molecular flexibility index (Phi) is 6.46. The number of ether oxygens (including phenoxy) is 2. The lowest BCUT2D eigenvalue weighted by atomic mass is 10.2. The number of nitrogens with zero attached hydrogens (tertiary/aromatic N) is 1. The van der Waals surface area contributed by atoms with E-state index in [1.807, 2.05) is 29.6 Å². The molecule has 8 heteroatoms. The first-order valence-electron chi connectivity index (χ1n) is 8.83. The van der Waals surface area contributed by atoms with Crippen LogP contribution in [0.2, 0.25) is 0 Å². The highest BCUT2D eigenvalue weighted by atomic mass is 32.1. The van der Waals surface area contributed by atoms with Gasteiger partial charge >= 0.3 is 0 Å². The highest BCUT2D eigenvalue weighted by Gasteiger charge is 2.13. The Labute approximate surface area is 172 Å². The summed E-state index contributed by atoms with van der Waals surface area (Å²) in [6.45, 7) is 1.42. The minimum Gasteiger partial charge on any atom is -0.497 e. The fraction of sp³-hybridized carbons (Fsp3) is 0.190. The molecule has 0 saturated heterocycles. The molecule has 2 aromatic carbocycles. The summed E-state index contributed by atoms with van der Waals surface area (Å²) in [5.74, 6) is 0.862. The van der Waals surface area contributed by atoms with Crippen molar-refractivity contribution in [2.45, 2.75) is 13.3 Å². The molecule has 150 valence electrons. The Hall–Kier alpha value is -3.39. The molecule has 1 heterocycles. The first kappa shape index (κ1) is 20.3. The lowest BCUT2D eigenvalue weighted by Gasteiger charge is -2.12. The molecular weight excluding hydrogens is 390 g/mol. The highest BCUT2D eigenvalue weighted by molar-refractivity contribution is 7.13. The molecule has 0 aliphatic carbocycles. The average Bonchev–Trinajstić information content (AvgIpc) is 3.16. The standard InChI is InChI=1S/C21H21N3O4S/c1-13(25)22-15-6-9-19(28-3)18(10-15)24-20(26)11-16-12-29-21(23-16)14-4-7-17(27-2)8-5-14/h4-10,12H,11H2,1-3H3,(H,22,25)(H,24,26). The van der Waals surface area contributed by atoms with Crippen molar-refractivity contribution in [2.75, 3.05) is 24.9 Å². The maximum atomic E-state index is 12.5. The summed E-state index contributed by atoms with van der Waals surface area (Å²) in [6, 6.07) is 12.7. The molecular formula is C21H21N3O4S. The number of hydrogen-bond donors (Lipinski definition) is 2. The third kappa shape index (κ3) is 5.32. The van der Waals surface area contributed by atoms with Gasteiger partial charge < -0.3 is 20.1 Å². The molecule has 0 aliphatic heterocycles. The first-order valence-corrected chi connectivity index (χ1v) is 9.70. The van der Waals surface area contributed by atoms with Crippen LogP contribution in [0.25, 0.3) is 10.6 Å². The first-order chi connectivity index (χ1) is 14.0. The Morgan fingerprint density at radius 1 is 1.03 bits per heavy atom. The molecule has 0 bridgehead atoms. The van der Waals surface area contributed by atoms with E-state index in [1.165, 1.54) is 25.4 Å². The van der Waals surface area contributed by atoms with Crippen LogP contribution >= 0.6 is 11.3 Å². The van der Waals surface area contributed by atoms with Crippen molar-refractivity contribution in [3.8, 4) is 22.1 Å². The average molecular weight is 411 g/mol. The smallest absolute Gasteiger partial charge is 0.230 e. The second kappa shape index (κ2) is 9.20. The Bertz CT molecular complexity index is 1020. The molecule has 0 spiro atoms. The monoisotopic (exact) mass is 411 g/mol. The quantitative estimate of drug-likeness (QED) is 0.614. The van der Waals surface area contributed by atoms with E-state index in [1.54, 1.807) is 25.3 Å². The van der Waals surface area contributed by atoms with Crippen LogP contribution in [0, 0.1) is 0 Å².